The van der Waals surface area contributed by atoms with Crippen molar-refractivity contribution in [3.63, 3.8) is 0 Å². The molecule has 0 saturated carbocycles. The number of esters is 1. The van der Waals surface area contributed by atoms with Gasteiger partial charge in [-0.1, -0.05) is 30.7 Å². The molecule has 0 bridgehead atoms. The molecule has 0 fully saturated rings. The molecule has 8 heteroatoms. The van der Waals surface area contributed by atoms with Crippen molar-refractivity contribution < 1.29 is 14.3 Å². The summed E-state index contributed by atoms with van der Waals surface area (Å²) in [4.78, 5) is 25.4. The van der Waals surface area contributed by atoms with Crippen LogP contribution in [-0.4, -0.2) is 34.3 Å². The summed E-state index contributed by atoms with van der Waals surface area (Å²) in [5.74, 6) is -0.835. The number of rotatable bonds is 6. The molecular formula is C19H20ClN3O3S. The first-order chi connectivity index (χ1) is 12.9. The number of nitrogens with zero attached hydrogens (tertiary/aromatic N) is 2. The molecule has 2 aromatic heterocycles. The van der Waals surface area contributed by atoms with Gasteiger partial charge in [-0.2, -0.15) is 5.10 Å². The predicted octanol–water partition coefficient (Wildman–Crippen LogP) is 4.12. The van der Waals surface area contributed by atoms with Crippen LogP contribution in [0.3, 0.4) is 0 Å². The SMILES string of the molecule is CC[C@@H](C)NC(=O)COC(=O)c1cc2c(C)nn(-c3ccccc3Cl)c2s1. The summed E-state index contributed by atoms with van der Waals surface area (Å²) in [5, 5.41) is 8.71. The molecule has 27 heavy (non-hydrogen) atoms. The number of para-hydroxylation sites is 1. The van der Waals surface area contributed by atoms with E-state index in [1.54, 1.807) is 16.8 Å². The Kier molecular flexibility index (Phi) is 5.82. The first-order valence-corrected chi connectivity index (χ1v) is 9.80. The zero-order chi connectivity index (χ0) is 19.6. The minimum Gasteiger partial charge on any atom is -0.451 e. The molecule has 1 aromatic carbocycles. The maximum atomic E-state index is 12.4. The fraction of sp³-hybridized carbons (Fsp3) is 0.316. The number of carbonyl (C=O) groups is 2. The van der Waals surface area contributed by atoms with Gasteiger partial charge in [0.05, 0.1) is 16.4 Å². The van der Waals surface area contributed by atoms with E-state index in [0.717, 1.165) is 28.0 Å². The van der Waals surface area contributed by atoms with Crippen LogP contribution >= 0.6 is 22.9 Å². The third-order valence-electron chi connectivity index (χ3n) is 4.18. The largest absolute Gasteiger partial charge is 0.451 e. The standard InChI is InChI=1S/C19H20ClN3O3S/c1-4-11(2)21-17(24)10-26-19(25)16-9-13-12(3)22-23(18(13)27-16)15-8-6-5-7-14(15)20/h5-9,11H,4,10H2,1-3H3,(H,21,24)/t11-/m1/s1. The predicted molar refractivity (Wildman–Crippen MR) is 107 cm³/mol. The third-order valence-corrected chi connectivity index (χ3v) is 5.59. The van der Waals surface area contributed by atoms with Crippen LogP contribution in [-0.2, 0) is 9.53 Å². The van der Waals surface area contributed by atoms with Crippen LogP contribution in [0.2, 0.25) is 5.02 Å². The topological polar surface area (TPSA) is 73.2 Å². The zero-order valence-electron chi connectivity index (χ0n) is 15.3. The molecule has 0 unspecified atom stereocenters. The number of aryl methyl sites for hydroxylation is 1. The summed E-state index contributed by atoms with van der Waals surface area (Å²) in [5.41, 5.74) is 1.53. The Morgan fingerprint density at radius 1 is 1.37 bits per heavy atom. The van der Waals surface area contributed by atoms with Crippen LogP contribution in [0.1, 0.15) is 35.6 Å². The van der Waals surface area contributed by atoms with Crippen molar-refractivity contribution in [3.8, 4) is 5.69 Å². The number of benzene rings is 1. The van der Waals surface area contributed by atoms with Crippen molar-refractivity contribution in [2.75, 3.05) is 6.61 Å². The Morgan fingerprint density at radius 2 is 2.11 bits per heavy atom. The van der Waals surface area contributed by atoms with Crippen molar-refractivity contribution in [1.82, 2.24) is 15.1 Å². The van der Waals surface area contributed by atoms with E-state index in [1.165, 1.54) is 11.3 Å². The second kappa shape index (κ2) is 8.10. The summed E-state index contributed by atoms with van der Waals surface area (Å²) >= 11 is 7.55. The average Bonchev–Trinajstić information content (AvgIpc) is 3.21. The van der Waals surface area contributed by atoms with Crippen LogP contribution in [0.15, 0.2) is 30.3 Å². The number of ether oxygens (including phenoxy) is 1. The van der Waals surface area contributed by atoms with Crippen molar-refractivity contribution in [2.45, 2.75) is 33.2 Å². The second-order valence-corrected chi connectivity index (χ2v) is 7.67. The van der Waals surface area contributed by atoms with Crippen LogP contribution in [0, 0.1) is 6.92 Å². The fourth-order valence-corrected chi connectivity index (χ4v) is 3.84. The summed E-state index contributed by atoms with van der Waals surface area (Å²) in [6, 6.07) is 9.17. The maximum absolute atomic E-state index is 12.4. The van der Waals surface area contributed by atoms with Crippen LogP contribution < -0.4 is 5.32 Å². The summed E-state index contributed by atoms with van der Waals surface area (Å²) in [7, 11) is 0. The third kappa shape index (κ3) is 4.14. The van der Waals surface area contributed by atoms with E-state index in [0.29, 0.717) is 9.90 Å². The Balaban J connectivity index is 1.81. The molecule has 2 heterocycles. The minimum atomic E-state index is -0.527. The minimum absolute atomic E-state index is 0.0461. The van der Waals surface area contributed by atoms with E-state index in [2.05, 4.69) is 10.4 Å². The van der Waals surface area contributed by atoms with Gasteiger partial charge in [0.1, 0.15) is 9.71 Å². The van der Waals surface area contributed by atoms with Gasteiger partial charge in [-0.15, -0.1) is 11.3 Å². The molecule has 1 atom stereocenters. The Bertz CT molecular complexity index is 995. The van der Waals surface area contributed by atoms with Gasteiger partial charge < -0.3 is 10.1 Å². The van der Waals surface area contributed by atoms with Crippen molar-refractivity contribution >= 4 is 45.0 Å². The molecule has 3 aromatic rings. The number of fused-ring (bicyclic) bond motifs is 1. The molecule has 1 N–H and O–H groups in total. The van der Waals surface area contributed by atoms with Gasteiger partial charge in [0.2, 0.25) is 0 Å². The number of nitrogens with one attached hydrogen (secondary N) is 1. The number of amides is 1. The lowest BCUT2D eigenvalue weighted by Gasteiger charge is -2.11. The van der Waals surface area contributed by atoms with Crippen LogP contribution in [0.4, 0.5) is 0 Å². The number of hydrogen-bond acceptors (Lipinski definition) is 5. The Hall–Kier alpha value is -2.38. The number of hydrogen-bond donors (Lipinski definition) is 1. The molecule has 6 nitrogen and oxygen atoms in total. The first kappa shape index (κ1) is 19.4. The molecule has 0 aliphatic rings. The molecule has 142 valence electrons. The molecule has 0 aliphatic carbocycles. The van der Waals surface area contributed by atoms with E-state index >= 15 is 0 Å². The lowest BCUT2D eigenvalue weighted by molar-refractivity contribution is -0.124. The van der Waals surface area contributed by atoms with Gasteiger partial charge in [0.25, 0.3) is 5.91 Å². The summed E-state index contributed by atoms with van der Waals surface area (Å²) < 4.78 is 6.87. The highest BCUT2D eigenvalue weighted by Gasteiger charge is 2.19. The van der Waals surface area contributed by atoms with Gasteiger partial charge in [-0.25, -0.2) is 9.48 Å². The van der Waals surface area contributed by atoms with Crippen molar-refractivity contribution in [3.05, 3.63) is 45.9 Å². The number of aromatic nitrogens is 2. The average molecular weight is 406 g/mol. The summed E-state index contributed by atoms with van der Waals surface area (Å²) in [6.07, 6.45) is 0.813. The van der Waals surface area contributed by atoms with Crippen LogP contribution in [0.25, 0.3) is 15.9 Å². The highest BCUT2D eigenvalue weighted by atomic mass is 35.5. The lowest BCUT2D eigenvalue weighted by Crippen LogP contribution is -2.35. The van der Waals surface area contributed by atoms with Gasteiger partial charge in [0.15, 0.2) is 6.61 Å². The van der Waals surface area contributed by atoms with Gasteiger partial charge in [0, 0.05) is 11.4 Å². The van der Waals surface area contributed by atoms with Crippen molar-refractivity contribution in [2.24, 2.45) is 0 Å². The maximum Gasteiger partial charge on any atom is 0.348 e. The molecule has 0 radical (unpaired) electrons. The Morgan fingerprint density at radius 3 is 2.81 bits per heavy atom. The molecule has 0 aliphatic heterocycles. The van der Waals surface area contributed by atoms with E-state index in [1.807, 2.05) is 39.0 Å². The molecule has 0 saturated heterocycles. The summed E-state index contributed by atoms with van der Waals surface area (Å²) in [6.45, 7) is 5.44. The number of thiophene rings is 1. The molecule has 0 spiro atoms. The first-order valence-electron chi connectivity index (χ1n) is 8.61. The highest BCUT2D eigenvalue weighted by molar-refractivity contribution is 7.20. The normalized spacial score (nSPS) is 12.1. The van der Waals surface area contributed by atoms with E-state index < -0.39 is 5.97 Å². The van der Waals surface area contributed by atoms with E-state index in [-0.39, 0.29) is 18.6 Å². The van der Waals surface area contributed by atoms with Crippen LogP contribution in [0.5, 0.6) is 0 Å². The van der Waals surface area contributed by atoms with E-state index in [9.17, 15) is 9.59 Å². The zero-order valence-corrected chi connectivity index (χ0v) is 16.9. The lowest BCUT2D eigenvalue weighted by atomic mass is 10.2. The van der Waals surface area contributed by atoms with Gasteiger partial charge in [-0.05, 0) is 38.5 Å². The monoisotopic (exact) mass is 405 g/mol. The molecular weight excluding hydrogens is 386 g/mol. The second-order valence-electron chi connectivity index (χ2n) is 6.23. The Labute approximate surface area is 166 Å². The van der Waals surface area contributed by atoms with Crippen molar-refractivity contribution in [1.29, 1.82) is 0 Å². The molecule has 1 amide bonds. The van der Waals surface area contributed by atoms with Gasteiger partial charge in [-0.3, -0.25) is 4.79 Å². The van der Waals surface area contributed by atoms with E-state index in [4.69, 9.17) is 16.3 Å². The molecule has 3 rings (SSSR count). The number of carbonyl (C=O) groups excluding carboxylic acids is 2. The number of halogens is 1. The van der Waals surface area contributed by atoms with Gasteiger partial charge >= 0.3 is 5.97 Å². The highest BCUT2D eigenvalue weighted by Crippen LogP contribution is 2.32. The quantitative estimate of drug-likeness (QED) is 0.626. The smallest absolute Gasteiger partial charge is 0.348 e. The fourth-order valence-electron chi connectivity index (χ4n) is 2.56.